The summed E-state index contributed by atoms with van der Waals surface area (Å²) in [6.07, 6.45) is 2.81. The zero-order valence-electron chi connectivity index (χ0n) is 11.8. The summed E-state index contributed by atoms with van der Waals surface area (Å²) in [5.41, 5.74) is 2.95. The topological polar surface area (TPSA) is 40.8 Å². The second kappa shape index (κ2) is 5.89. The van der Waals surface area contributed by atoms with Crippen LogP contribution in [-0.4, -0.2) is 41.0 Å². The molecule has 0 spiro atoms. The van der Waals surface area contributed by atoms with Crippen LogP contribution >= 0.6 is 0 Å². The third-order valence-electron chi connectivity index (χ3n) is 3.34. The van der Waals surface area contributed by atoms with E-state index in [9.17, 15) is 0 Å². The maximum absolute atomic E-state index is 9.14. The highest BCUT2D eigenvalue weighted by molar-refractivity contribution is 6.10. The van der Waals surface area contributed by atoms with Gasteiger partial charge < -0.3 is 14.7 Å². The van der Waals surface area contributed by atoms with Crippen molar-refractivity contribution in [3.63, 3.8) is 0 Å². The van der Waals surface area contributed by atoms with E-state index in [0.29, 0.717) is 0 Å². The second-order valence-electron chi connectivity index (χ2n) is 4.96. The van der Waals surface area contributed by atoms with E-state index in [4.69, 9.17) is 5.21 Å². The first-order valence-electron chi connectivity index (χ1n) is 6.61. The fraction of sp³-hybridized carbons (Fsp3) is 0.400. The van der Waals surface area contributed by atoms with Crippen molar-refractivity contribution in [1.29, 1.82) is 0 Å². The zero-order chi connectivity index (χ0) is 13.8. The summed E-state index contributed by atoms with van der Waals surface area (Å²) in [6.45, 7) is 3.91. The molecule has 0 fully saturated rings. The van der Waals surface area contributed by atoms with Crippen LogP contribution < -0.4 is 0 Å². The minimum Gasteiger partial charge on any atom is -0.411 e. The molecule has 2 aromatic rings. The molecule has 0 aliphatic carbocycles. The number of fused-ring (bicyclic) bond motifs is 1. The van der Waals surface area contributed by atoms with Crippen LogP contribution in [0, 0.1) is 0 Å². The number of para-hydroxylation sites is 1. The highest BCUT2D eigenvalue weighted by Gasteiger charge is 2.12. The molecule has 0 amide bonds. The molecule has 1 N–H and O–H groups in total. The Morgan fingerprint density at radius 1 is 1.32 bits per heavy atom. The molecule has 4 heteroatoms. The first kappa shape index (κ1) is 13.6. The fourth-order valence-electron chi connectivity index (χ4n) is 2.28. The monoisotopic (exact) mass is 259 g/mol. The van der Waals surface area contributed by atoms with Crippen LogP contribution in [0.25, 0.3) is 10.9 Å². The number of hydrogen-bond donors (Lipinski definition) is 1. The zero-order valence-corrected chi connectivity index (χ0v) is 11.8. The summed E-state index contributed by atoms with van der Waals surface area (Å²) in [7, 11) is 4.14. The first-order chi connectivity index (χ1) is 9.17. The van der Waals surface area contributed by atoms with Crippen LogP contribution in [0.1, 0.15) is 18.9 Å². The molecule has 2 rings (SSSR count). The number of aromatic nitrogens is 1. The Kier molecular flexibility index (Phi) is 4.22. The van der Waals surface area contributed by atoms with Crippen LogP contribution in [0.5, 0.6) is 0 Å². The molecule has 1 heterocycles. The third kappa shape index (κ3) is 2.79. The fourth-order valence-corrected chi connectivity index (χ4v) is 2.28. The van der Waals surface area contributed by atoms with Gasteiger partial charge in [-0.15, -0.1) is 0 Å². The van der Waals surface area contributed by atoms with E-state index in [-0.39, 0.29) is 0 Å². The Balaban J connectivity index is 2.48. The molecular weight excluding hydrogens is 238 g/mol. The smallest absolute Gasteiger partial charge is 0.0886 e. The van der Waals surface area contributed by atoms with Crippen molar-refractivity contribution < 1.29 is 5.21 Å². The van der Waals surface area contributed by atoms with Gasteiger partial charge in [0, 0.05) is 35.8 Å². The highest BCUT2D eigenvalue weighted by Crippen LogP contribution is 2.23. The lowest BCUT2D eigenvalue weighted by molar-refractivity contribution is 0.318. The summed E-state index contributed by atoms with van der Waals surface area (Å²) >= 11 is 0. The van der Waals surface area contributed by atoms with Gasteiger partial charge in [-0.05, 0) is 26.6 Å². The first-order valence-corrected chi connectivity index (χ1v) is 6.61. The lowest BCUT2D eigenvalue weighted by Crippen LogP contribution is -2.17. The maximum Gasteiger partial charge on any atom is 0.0886 e. The normalized spacial score (nSPS) is 12.5. The molecule has 0 atom stereocenters. The number of nitrogens with zero attached hydrogens (tertiary/aromatic N) is 3. The van der Waals surface area contributed by atoms with Gasteiger partial charge in [-0.25, -0.2) is 0 Å². The van der Waals surface area contributed by atoms with Crippen molar-refractivity contribution in [3.05, 3.63) is 36.0 Å². The number of benzene rings is 1. The van der Waals surface area contributed by atoms with Gasteiger partial charge >= 0.3 is 0 Å². The van der Waals surface area contributed by atoms with Crippen molar-refractivity contribution in [2.75, 3.05) is 20.6 Å². The van der Waals surface area contributed by atoms with E-state index in [1.807, 2.05) is 19.1 Å². The summed E-state index contributed by atoms with van der Waals surface area (Å²) < 4.78 is 2.23. The number of likely N-dealkylation sites (N-methyl/N-ethyl adjacent to an activating group) is 1. The molecule has 19 heavy (non-hydrogen) atoms. The number of hydrogen-bond acceptors (Lipinski definition) is 3. The molecule has 1 aromatic carbocycles. The van der Waals surface area contributed by atoms with E-state index in [1.165, 1.54) is 5.52 Å². The van der Waals surface area contributed by atoms with Crippen LogP contribution in [0.3, 0.4) is 0 Å². The van der Waals surface area contributed by atoms with Crippen LogP contribution in [0.4, 0.5) is 0 Å². The lowest BCUT2D eigenvalue weighted by Gasteiger charge is -2.10. The van der Waals surface area contributed by atoms with E-state index in [0.717, 1.165) is 36.2 Å². The standard InChI is InChI=1S/C15H21N3O/c1-4-14(16-19)13-11-18(10-9-17(2)3)15-8-6-5-7-12(13)15/h5-8,11,19H,4,9-10H2,1-3H3/b16-14+. The van der Waals surface area contributed by atoms with Crippen LogP contribution in [-0.2, 0) is 6.54 Å². The van der Waals surface area contributed by atoms with Crippen molar-refractivity contribution in [2.45, 2.75) is 19.9 Å². The van der Waals surface area contributed by atoms with Crippen molar-refractivity contribution in [1.82, 2.24) is 9.47 Å². The molecule has 1 aromatic heterocycles. The predicted molar refractivity (Wildman–Crippen MR) is 79.1 cm³/mol. The minimum atomic E-state index is 0.720. The lowest BCUT2D eigenvalue weighted by atomic mass is 10.1. The van der Waals surface area contributed by atoms with Crippen LogP contribution in [0.2, 0.25) is 0 Å². The Morgan fingerprint density at radius 2 is 2.05 bits per heavy atom. The maximum atomic E-state index is 9.14. The molecule has 0 aliphatic rings. The van der Waals surface area contributed by atoms with Crippen molar-refractivity contribution in [2.24, 2.45) is 5.16 Å². The Morgan fingerprint density at radius 3 is 2.68 bits per heavy atom. The summed E-state index contributed by atoms with van der Waals surface area (Å²) in [6, 6.07) is 8.25. The quantitative estimate of drug-likeness (QED) is 0.509. The average molecular weight is 259 g/mol. The molecule has 0 radical (unpaired) electrons. The molecule has 0 saturated heterocycles. The minimum absolute atomic E-state index is 0.720. The predicted octanol–water partition coefficient (Wildman–Crippen LogP) is 2.79. The van der Waals surface area contributed by atoms with E-state index >= 15 is 0 Å². The van der Waals surface area contributed by atoms with Crippen molar-refractivity contribution in [3.8, 4) is 0 Å². The second-order valence-corrected chi connectivity index (χ2v) is 4.96. The summed E-state index contributed by atoms with van der Waals surface area (Å²) in [5, 5.41) is 13.7. The molecule has 4 nitrogen and oxygen atoms in total. The highest BCUT2D eigenvalue weighted by atomic mass is 16.4. The van der Waals surface area contributed by atoms with Gasteiger partial charge in [-0.2, -0.15) is 0 Å². The Labute approximate surface area is 113 Å². The van der Waals surface area contributed by atoms with Gasteiger partial charge in [0.15, 0.2) is 0 Å². The SMILES string of the molecule is CC/C(=N\O)c1cn(CCN(C)C)c2ccccc12. The number of oxime groups is 1. The van der Waals surface area contributed by atoms with Gasteiger partial charge in [0.1, 0.15) is 0 Å². The summed E-state index contributed by atoms with van der Waals surface area (Å²) in [4.78, 5) is 2.16. The number of rotatable bonds is 5. The molecule has 0 unspecified atom stereocenters. The molecular formula is C15H21N3O. The van der Waals surface area contributed by atoms with Crippen LogP contribution in [0.15, 0.2) is 35.6 Å². The van der Waals surface area contributed by atoms with E-state index in [1.54, 1.807) is 0 Å². The van der Waals surface area contributed by atoms with Gasteiger partial charge in [0.25, 0.3) is 0 Å². The van der Waals surface area contributed by atoms with Gasteiger partial charge in [0.2, 0.25) is 0 Å². The average Bonchev–Trinajstić information content (AvgIpc) is 2.77. The largest absolute Gasteiger partial charge is 0.411 e. The van der Waals surface area contributed by atoms with Gasteiger partial charge in [-0.3, -0.25) is 0 Å². The van der Waals surface area contributed by atoms with Gasteiger partial charge in [0.05, 0.1) is 5.71 Å². The summed E-state index contributed by atoms with van der Waals surface area (Å²) in [5.74, 6) is 0. The molecule has 0 aliphatic heterocycles. The van der Waals surface area contributed by atoms with E-state index in [2.05, 4.69) is 47.0 Å². The van der Waals surface area contributed by atoms with E-state index < -0.39 is 0 Å². The van der Waals surface area contributed by atoms with Gasteiger partial charge in [-0.1, -0.05) is 30.3 Å². The Bertz CT molecular complexity index is 584. The molecule has 102 valence electrons. The van der Waals surface area contributed by atoms with Crippen molar-refractivity contribution >= 4 is 16.6 Å². The molecule has 0 saturated carbocycles. The Hall–Kier alpha value is -1.81. The molecule has 0 bridgehead atoms. The third-order valence-corrected chi connectivity index (χ3v) is 3.34.